The Morgan fingerprint density at radius 1 is 1.33 bits per heavy atom. The van der Waals surface area contributed by atoms with Gasteiger partial charge in [-0.2, -0.15) is 0 Å². The number of ether oxygens (including phenoxy) is 1. The van der Waals surface area contributed by atoms with Gasteiger partial charge in [-0.25, -0.2) is 0 Å². The van der Waals surface area contributed by atoms with Crippen molar-refractivity contribution in [1.82, 2.24) is 9.80 Å². The number of carbonyl (C=O) groups excluding carboxylic acids is 2. The summed E-state index contributed by atoms with van der Waals surface area (Å²) in [6.07, 6.45) is 1.89. The minimum absolute atomic E-state index is 0.0375. The Balaban J connectivity index is 1.93. The molecule has 0 aromatic rings. The fourth-order valence-electron chi connectivity index (χ4n) is 2.68. The molecule has 0 aromatic carbocycles. The van der Waals surface area contributed by atoms with E-state index in [0.29, 0.717) is 13.0 Å². The molecule has 2 fully saturated rings. The van der Waals surface area contributed by atoms with E-state index in [4.69, 9.17) is 4.74 Å². The first-order valence-corrected chi connectivity index (χ1v) is 6.39. The topological polar surface area (TPSA) is 70.1 Å². The summed E-state index contributed by atoms with van der Waals surface area (Å²) in [6, 6.07) is -0.489. The van der Waals surface area contributed by atoms with Gasteiger partial charge < -0.3 is 14.7 Å². The Bertz CT molecular complexity index is 328. The van der Waals surface area contributed by atoms with Crippen LogP contribution in [-0.2, 0) is 14.3 Å². The van der Waals surface area contributed by atoms with Gasteiger partial charge in [-0.15, -0.1) is 0 Å². The third-order valence-electron chi connectivity index (χ3n) is 3.65. The average Bonchev–Trinajstić information content (AvgIpc) is 2.97. The highest BCUT2D eigenvalue weighted by atomic mass is 16.5. The molecule has 6 nitrogen and oxygen atoms in total. The average molecular weight is 256 g/mol. The molecule has 0 aromatic heterocycles. The molecule has 2 atom stereocenters. The predicted molar refractivity (Wildman–Crippen MR) is 63.8 cm³/mol. The number of hydrogen-bond donors (Lipinski definition) is 1. The molecule has 0 saturated carbocycles. The van der Waals surface area contributed by atoms with Gasteiger partial charge in [0.05, 0.1) is 19.8 Å². The van der Waals surface area contributed by atoms with Crippen LogP contribution in [0.5, 0.6) is 0 Å². The van der Waals surface area contributed by atoms with E-state index in [2.05, 4.69) is 0 Å². The molecule has 102 valence electrons. The Labute approximate surface area is 106 Å². The van der Waals surface area contributed by atoms with E-state index in [-0.39, 0.29) is 18.4 Å². The third kappa shape index (κ3) is 2.81. The maximum absolute atomic E-state index is 12.0. The highest BCUT2D eigenvalue weighted by molar-refractivity contribution is 5.81. The van der Waals surface area contributed by atoms with Gasteiger partial charge in [0, 0.05) is 26.1 Å². The smallest absolute Gasteiger partial charge is 0.323 e. The third-order valence-corrected chi connectivity index (χ3v) is 3.65. The summed E-state index contributed by atoms with van der Waals surface area (Å²) in [5.74, 6) is -0.337. The number of likely N-dealkylation sites (tertiary alicyclic amines) is 2. The molecule has 0 spiro atoms. The van der Waals surface area contributed by atoms with Gasteiger partial charge in [-0.1, -0.05) is 0 Å². The molecular formula is C12H20N2O4. The lowest BCUT2D eigenvalue weighted by Gasteiger charge is -2.24. The number of amides is 1. The van der Waals surface area contributed by atoms with Crippen LogP contribution in [0.2, 0.25) is 0 Å². The number of β-amino-alcohol motifs (C(OH)–C–C–N with tert-alkyl or cyclic N) is 1. The van der Waals surface area contributed by atoms with Crippen LogP contribution in [0.3, 0.4) is 0 Å². The van der Waals surface area contributed by atoms with E-state index in [1.807, 2.05) is 4.90 Å². The Morgan fingerprint density at radius 3 is 2.61 bits per heavy atom. The van der Waals surface area contributed by atoms with Crippen molar-refractivity contribution in [3.05, 3.63) is 0 Å². The van der Waals surface area contributed by atoms with Crippen LogP contribution < -0.4 is 0 Å². The molecule has 1 N–H and O–H groups in total. The van der Waals surface area contributed by atoms with E-state index in [0.717, 1.165) is 25.9 Å². The van der Waals surface area contributed by atoms with Crippen LogP contribution in [0.1, 0.15) is 19.3 Å². The zero-order valence-electron chi connectivity index (χ0n) is 10.7. The van der Waals surface area contributed by atoms with Crippen molar-refractivity contribution < 1.29 is 19.4 Å². The molecule has 1 amide bonds. The van der Waals surface area contributed by atoms with Crippen molar-refractivity contribution in [3.63, 3.8) is 0 Å². The van der Waals surface area contributed by atoms with Crippen molar-refractivity contribution in [2.24, 2.45) is 0 Å². The van der Waals surface area contributed by atoms with Crippen LogP contribution >= 0.6 is 0 Å². The molecule has 0 radical (unpaired) electrons. The zero-order valence-corrected chi connectivity index (χ0v) is 10.7. The largest absolute Gasteiger partial charge is 0.468 e. The van der Waals surface area contributed by atoms with E-state index in [1.165, 1.54) is 7.11 Å². The van der Waals surface area contributed by atoms with Crippen molar-refractivity contribution in [2.75, 3.05) is 33.3 Å². The summed E-state index contributed by atoms with van der Waals surface area (Å²) in [5, 5.41) is 9.62. The van der Waals surface area contributed by atoms with Crippen molar-refractivity contribution in [3.8, 4) is 0 Å². The Hall–Kier alpha value is -1.14. The number of carbonyl (C=O) groups is 2. The van der Waals surface area contributed by atoms with Crippen LogP contribution in [0, 0.1) is 0 Å². The molecule has 2 heterocycles. The number of nitrogens with zero attached hydrogens (tertiary/aromatic N) is 2. The molecule has 2 saturated heterocycles. The summed E-state index contributed by atoms with van der Waals surface area (Å²) in [7, 11) is 1.33. The normalized spacial score (nSPS) is 28.7. The van der Waals surface area contributed by atoms with E-state index < -0.39 is 12.1 Å². The predicted octanol–water partition coefficient (Wildman–Crippen LogP) is -0.783. The Kier molecular flexibility index (Phi) is 4.19. The second-order valence-corrected chi connectivity index (χ2v) is 4.95. The second-order valence-electron chi connectivity index (χ2n) is 4.95. The van der Waals surface area contributed by atoms with Crippen LogP contribution in [0.25, 0.3) is 0 Å². The first kappa shape index (κ1) is 13.3. The maximum Gasteiger partial charge on any atom is 0.323 e. The van der Waals surface area contributed by atoms with E-state index in [1.54, 1.807) is 4.90 Å². The first-order valence-electron chi connectivity index (χ1n) is 6.39. The van der Waals surface area contributed by atoms with E-state index >= 15 is 0 Å². The summed E-state index contributed by atoms with van der Waals surface area (Å²) in [4.78, 5) is 27.1. The fraction of sp³-hybridized carbons (Fsp3) is 0.833. The number of rotatable bonds is 3. The van der Waals surface area contributed by atoms with Gasteiger partial charge in [0.25, 0.3) is 0 Å². The van der Waals surface area contributed by atoms with Crippen LogP contribution in [0.15, 0.2) is 0 Å². The van der Waals surface area contributed by atoms with Gasteiger partial charge in [0.1, 0.15) is 6.04 Å². The maximum atomic E-state index is 12.0. The Morgan fingerprint density at radius 2 is 2.00 bits per heavy atom. The second kappa shape index (κ2) is 5.67. The molecule has 2 aliphatic heterocycles. The van der Waals surface area contributed by atoms with Gasteiger partial charge in [0.2, 0.25) is 5.91 Å². The number of methoxy groups -OCH3 is 1. The highest BCUT2D eigenvalue weighted by Gasteiger charge is 2.38. The molecule has 2 rings (SSSR count). The lowest BCUT2D eigenvalue weighted by atomic mass is 10.2. The minimum atomic E-state index is -0.555. The molecule has 6 heteroatoms. The summed E-state index contributed by atoms with van der Waals surface area (Å²) in [5.41, 5.74) is 0. The first-order chi connectivity index (χ1) is 8.61. The van der Waals surface area contributed by atoms with Crippen molar-refractivity contribution in [2.45, 2.75) is 31.4 Å². The summed E-state index contributed by atoms with van der Waals surface area (Å²) in [6.45, 7) is 2.16. The SMILES string of the molecule is COC(=O)C1CC(O)CN1CC(=O)N1CCCC1. The summed E-state index contributed by atoms with van der Waals surface area (Å²) >= 11 is 0. The minimum Gasteiger partial charge on any atom is -0.468 e. The van der Waals surface area contributed by atoms with Gasteiger partial charge >= 0.3 is 5.97 Å². The molecule has 18 heavy (non-hydrogen) atoms. The van der Waals surface area contributed by atoms with Gasteiger partial charge in [-0.05, 0) is 12.8 Å². The highest BCUT2D eigenvalue weighted by Crippen LogP contribution is 2.19. The van der Waals surface area contributed by atoms with Crippen LogP contribution in [0.4, 0.5) is 0 Å². The van der Waals surface area contributed by atoms with E-state index in [9.17, 15) is 14.7 Å². The number of aliphatic hydroxyl groups excluding tert-OH is 1. The van der Waals surface area contributed by atoms with Gasteiger partial charge in [-0.3, -0.25) is 14.5 Å². The molecule has 0 aliphatic carbocycles. The number of aliphatic hydroxyl groups is 1. The molecule has 2 aliphatic rings. The number of hydrogen-bond acceptors (Lipinski definition) is 5. The zero-order chi connectivity index (χ0) is 13.1. The standard InChI is InChI=1S/C12H20N2O4/c1-18-12(17)10-6-9(15)7-14(10)8-11(16)13-4-2-3-5-13/h9-10,15H,2-8H2,1H3. The fourth-order valence-corrected chi connectivity index (χ4v) is 2.68. The number of esters is 1. The molecule has 0 bridgehead atoms. The van der Waals surface area contributed by atoms with Gasteiger partial charge in [0.15, 0.2) is 0 Å². The van der Waals surface area contributed by atoms with Crippen molar-refractivity contribution in [1.29, 1.82) is 0 Å². The molecule has 2 unspecified atom stereocenters. The lowest BCUT2D eigenvalue weighted by Crippen LogP contribution is -2.44. The molecular weight excluding hydrogens is 236 g/mol. The monoisotopic (exact) mass is 256 g/mol. The van der Waals surface area contributed by atoms with Crippen molar-refractivity contribution >= 4 is 11.9 Å². The quantitative estimate of drug-likeness (QED) is 0.671. The summed E-state index contributed by atoms with van der Waals surface area (Å²) < 4.78 is 4.70. The lowest BCUT2D eigenvalue weighted by molar-refractivity contribution is -0.146. The van der Waals surface area contributed by atoms with Crippen LogP contribution in [-0.4, -0.2) is 72.2 Å².